The highest BCUT2D eigenvalue weighted by Crippen LogP contribution is 2.46. The number of nitrogen functional groups attached to an aromatic ring is 1. The molecule has 2 aromatic rings. The van der Waals surface area contributed by atoms with E-state index in [9.17, 15) is 0 Å². The fourth-order valence-corrected chi connectivity index (χ4v) is 3.44. The molecule has 1 aliphatic carbocycles. The molecular weight excluding hydrogens is 254 g/mol. The molecule has 2 aromatic carbocycles. The van der Waals surface area contributed by atoms with E-state index in [1.807, 2.05) is 12.1 Å². The zero-order valence-electron chi connectivity index (χ0n) is 13.5. The van der Waals surface area contributed by atoms with Crippen LogP contribution in [0.2, 0.25) is 0 Å². The average Bonchev–Trinajstić information content (AvgIpc) is 2.45. The molecule has 0 atom stereocenters. The molecule has 21 heavy (non-hydrogen) atoms. The van der Waals surface area contributed by atoms with Gasteiger partial charge in [-0.1, -0.05) is 58.0 Å². The fraction of sp³-hybridized carbons (Fsp3) is 0.400. The van der Waals surface area contributed by atoms with Gasteiger partial charge < -0.3 is 5.73 Å². The Kier molecular flexibility index (Phi) is 3.12. The first-order valence-electron chi connectivity index (χ1n) is 7.81. The molecule has 0 unspecified atom stereocenters. The number of anilines is 1. The van der Waals surface area contributed by atoms with Crippen LogP contribution in [0.3, 0.4) is 0 Å². The Morgan fingerprint density at radius 2 is 1.24 bits per heavy atom. The van der Waals surface area contributed by atoms with E-state index < -0.39 is 0 Å². The summed E-state index contributed by atoms with van der Waals surface area (Å²) in [5.74, 6) is 0. The number of rotatable bonds is 1. The van der Waals surface area contributed by atoms with Gasteiger partial charge in [0.15, 0.2) is 0 Å². The third-order valence-electron chi connectivity index (χ3n) is 5.10. The molecule has 0 aliphatic heterocycles. The summed E-state index contributed by atoms with van der Waals surface area (Å²) < 4.78 is 0. The first kappa shape index (κ1) is 14.2. The second kappa shape index (κ2) is 4.62. The monoisotopic (exact) mass is 279 g/mol. The van der Waals surface area contributed by atoms with E-state index in [0.29, 0.717) is 0 Å². The second-order valence-corrected chi connectivity index (χ2v) is 7.65. The normalized spacial score (nSPS) is 19.0. The van der Waals surface area contributed by atoms with Crippen molar-refractivity contribution in [1.82, 2.24) is 0 Å². The van der Waals surface area contributed by atoms with Crippen molar-refractivity contribution in [2.45, 2.75) is 51.4 Å². The molecule has 0 saturated carbocycles. The van der Waals surface area contributed by atoms with Crippen molar-refractivity contribution < 1.29 is 0 Å². The zero-order valence-corrected chi connectivity index (χ0v) is 13.5. The molecule has 1 nitrogen and oxygen atoms in total. The molecule has 0 fully saturated rings. The van der Waals surface area contributed by atoms with Crippen molar-refractivity contribution in [3.8, 4) is 11.1 Å². The van der Waals surface area contributed by atoms with Crippen LogP contribution in [-0.2, 0) is 10.8 Å². The van der Waals surface area contributed by atoms with E-state index in [1.54, 1.807) is 0 Å². The van der Waals surface area contributed by atoms with Crippen molar-refractivity contribution in [3.05, 3.63) is 53.6 Å². The summed E-state index contributed by atoms with van der Waals surface area (Å²) in [5, 5.41) is 0. The van der Waals surface area contributed by atoms with Crippen LogP contribution < -0.4 is 5.73 Å². The first-order chi connectivity index (χ1) is 9.79. The molecule has 0 radical (unpaired) electrons. The van der Waals surface area contributed by atoms with Crippen LogP contribution >= 0.6 is 0 Å². The molecule has 2 N–H and O–H groups in total. The number of benzene rings is 2. The molecular formula is C20H25N. The second-order valence-electron chi connectivity index (χ2n) is 7.65. The Morgan fingerprint density at radius 1 is 0.714 bits per heavy atom. The lowest BCUT2D eigenvalue weighted by molar-refractivity contribution is 0.332. The van der Waals surface area contributed by atoms with Crippen LogP contribution in [0.15, 0.2) is 42.5 Å². The van der Waals surface area contributed by atoms with E-state index >= 15 is 0 Å². The summed E-state index contributed by atoms with van der Waals surface area (Å²) in [4.78, 5) is 0. The maximum absolute atomic E-state index is 5.79. The van der Waals surface area contributed by atoms with Crippen LogP contribution in [0.1, 0.15) is 51.7 Å². The molecule has 1 heteroatoms. The minimum absolute atomic E-state index is 0.259. The fourth-order valence-electron chi connectivity index (χ4n) is 3.44. The lowest BCUT2D eigenvalue weighted by Crippen LogP contribution is -2.33. The highest BCUT2D eigenvalue weighted by atomic mass is 14.5. The highest BCUT2D eigenvalue weighted by molar-refractivity contribution is 5.68. The van der Waals surface area contributed by atoms with E-state index in [1.165, 1.54) is 35.1 Å². The highest BCUT2D eigenvalue weighted by Gasteiger charge is 2.36. The summed E-state index contributed by atoms with van der Waals surface area (Å²) in [6, 6.07) is 15.2. The maximum Gasteiger partial charge on any atom is 0.0314 e. The van der Waals surface area contributed by atoms with E-state index in [4.69, 9.17) is 5.73 Å². The minimum Gasteiger partial charge on any atom is -0.399 e. The van der Waals surface area contributed by atoms with Gasteiger partial charge in [0.25, 0.3) is 0 Å². The number of hydrogen-bond acceptors (Lipinski definition) is 1. The third kappa shape index (κ3) is 2.46. The van der Waals surface area contributed by atoms with Crippen LogP contribution in [0.5, 0.6) is 0 Å². The van der Waals surface area contributed by atoms with Crippen molar-refractivity contribution >= 4 is 5.69 Å². The molecule has 0 amide bonds. The van der Waals surface area contributed by atoms with Crippen LogP contribution in [0.25, 0.3) is 11.1 Å². The smallest absolute Gasteiger partial charge is 0.0314 e. The van der Waals surface area contributed by atoms with E-state index in [2.05, 4.69) is 58.0 Å². The number of fused-ring (bicyclic) bond motifs is 1. The van der Waals surface area contributed by atoms with Crippen molar-refractivity contribution in [3.63, 3.8) is 0 Å². The molecule has 0 aromatic heterocycles. The van der Waals surface area contributed by atoms with Crippen molar-refractivity contribution in [2.24, 2.45) is 0 Å². The van der Waals surface area contributed by atoms with Gasteiger partial charge in [0.1, 0.15) is 0 Å². The summed E-state index contributed by atoms with van der Waals surface area (Å²) in [6.07, 6.45) is 2.51. The molecule has 0 spiro atoms. The van der Waals surface area contributed by atoms with Crippen LogP contribution in [-0.4, -0.2) is 0 Å². The maximum atomic E-state index is 5.79. The Labute approximate surface area is 128 Å². The van der Waals surface area contributed by atoms with Crippen LogP contribution in [0, 0.1) is 0 Å². The first-order valence-corrected chi connectivity index (χ1v) is 7.81. The Morgan fingerprint density at radius 3 is 1.86 bits per heavy atom. The summed E-state index contributed by atoms with van der Waals surface area (Å²) in [5.41, 5.74) is 12.7. The Bertz CT molecular complexity index is 663. The lowest BCUT2D eigenvalue weighted by atomic mass is 9.63. The predicted octanol–water partition coefficient (Wildman–Crippen LogP) is 5.28. The molecule has 0 saturated heterocycles. The van der Waals surface area contributed by atoms with Gasteiger partial charge in [-0.05, 0) is 58.1 Å². The molecule has 3 rings (SSSR count). The van der Waals surface area contributed by atoms with Gasteiger partial charge in [0.2, 0.25) is 0 Å². The molecule has 1 aliphatic rings. The number of hydrogen-bond donors (Lipinski definition) is 1. The van der Waals surface area contributed by atoms with Gasteiger partial charge in [0, 0.05) is 5.69 Å². The predicted molar refractivity (Wildman–Crippen MR) is 91.6 cm³/mol. The largest absolute Gasteiger partial charge is 0.399 e. The Hall–Kier alpha value is -1.76. The van der Waals surface area contributed by atoms with E-state index in [-0.39, 0.29) is 10.8 Å². The topological polar surface area (TPSA) is 26.0 Å². The quantitative estimate of drug-likeness (QED) is 0.706. The summed E-state index contributed by atoms with van der Waals surface area (Å²) in [7, 11) is 0. The van der Waals surface area contributed by atoms with Gasteiger partial charge in [-0.25, -0.2) is 0 Å². The standard InChI is InChI=1S/C20H25N/c1-19(2)11-12-20(3,4)18-13-15(7-10-17(18)19)14-5-8-16(21)9-6-14/h5-10,13H,11-12,21H2,1-4H3. The number of nitrogens with two attached hydrogens (primary N) is 1. The molecule has 0 bridgehead atoms. The van der Waals surface area contributed by atoms with E-state index in [0.717, 1.165) is 5.69 Å². The van der Waals surface area contributed by atoms with Gasteiger partial charge >= 0.3 is 0 Å². The van der Waals surface area contributed by atoms with Crippen LogP contribution in [0.4, 0.5) is 5.69 Å². The summed E-state index contributed by atoms with van der Waals surface area (Å²) >= 11 is 0. The van der Waals surface area contributed by atoms with Gasteiger partial charge in [-0.3, -0.25) is 0 Å². The zero-order chi connectivity index (χ0) is 15.3. The summed E-state index contributed by atoms with van der Waals surface area (Å²) in [6.45, 7) is 9.47. The molecule has 0 heterocycles. The van der Waals surface area contributed by atoms with Crippen molar-refractivity contribution in [1.29, 1.82) is 0 Å². The lowest BCUT2D eigenvalue weighted by Gasteiger charge is -2.42. The molecule has 110 valence electrons. The minimum atomic E-state index is 0.259. The third-order valence-corrected chi connectivity index (χ3v) is 5.10. The average molecular weight is 279 g/mol. The van der Waals surface area contributed by atoms with Crippen molar-refractivity contribution in [2.75, 3.05) is 5.73 Å². The Balaban J connectivity index is 2.14. The van der Waals surface area contributed by atoms with Gasteiger partial charge in [-0.2, -0.15) is 0 Å². The van der Waals surface area contributed by atoms with Gasteiger partial charge in [0.05, 0.1) is 0 Å². The van der Waals surface area contributed by atoms with Gasteiger partial charge in [-0.15, -0.1) is 0 Å². The SMILES string of the molecule is CC1(C)CCC(C)(C)c2cc(-c3ccc(N)cc3)ccc21.